The number of para-hydroxylation sites is 1. The summed E-state index contributed by atoms with van der Waals surface area (Å²) in [6.45, 7) is 4.15. The third kappa shape index (κ3) is 4.95. The lowest BCUT2D eigenvalue weighted by atomic mass is 10.0. The van der Waals surface area contributed by atoms with Crippen molar-refractivity contribution in [3.05, 3.63) is 77.7 Å². The van der Waals surface area contributed by atoms with Gasteiger partial charge in [0.15, 0.2) is 0 Å². The van der Waals surface area contributed by atoms with Crippen LogP contribution in [0.4, 0.5) is 17.2 Å². The fourth-order valence-corrected chi connectivity index (χ4v) is 2.81. The van der Waals surface area contributed by atoms with Crippen molar-refractivity contribution >= 4 is 29.1 Å². The number of carbonyl (C=O) groups is 2. The molecule has 0 aliphatic heterocycles. The molecule has 0 fully saturated rings. The minimum Gasteiger partial charge on any atom is -0.465 e. The molecule has 7 nitrogen and oxygen atoms in total. The summed E-state index contributed by atoms with van der Waals surface area (Å²) in [6.07, 6.45) is 1.33. The summed E-state index contributed by atoms with van der Waals surface area (Å²) in [6, 6.07) is 16.0. The van der Waals surface area contributed by atoms with Crippen LogP contribution in [0.15, 0.2) is 60.9 Å². The maximum absolute atomic E-state index is 12.7. The van der Waals surface area contributed by atoms with Crippen LogP contribution in [0.2, 0.25) is 0 Å². The van der Waals surface area contributed by atoms with Crippen molar-refractivity contribution in [3.8, 4) is 0 Å². The smallest absolute Gasteiger partial charge is 0.337 e. The number of hydrogen-bond acceptors (Lipinski definition) is 6. The minimum absolute atomic E-state index is 0.243. The zero-order valence-corrected chi connectivity index (χ0v) is 16.5. The fourth-order valence-electron chi connectivity index (χ4n) is 2.81. The highest BCUT2D eigenvalue weighted by Crippen LogP contribution is 2.24. The average Bonchev–Trinajstić information content (AvgIpc) is 2.74. The van der Waals surface area contributed by atoms with E-state index in [9.17, 15) is 9.59 Å². The van der Waals surface area contributed by atoms with Gasteiger partial charge >= 0.3 is 5.97 Å². The van der Waals surface area contributed by atoms with E-state index >= 15 is 0 Å². The maximum Gasteiger partial charge on any atom is 0.337 e. The van der Waals surface area contributed by atoms with Gasteiger partial charge in [0.25, 0.3) is 5.91 Å². The van der Waals surface area contributed by atoms with Gasteiger partial charge in [-0.15, -0.1) is 0 Å². The predicted octanol–water partition coefficient (Wildman–Crippen LogP) is 4.38. The SMILES string of the molecule is COC(=O)c1ccc(Nc2cc(C(=O)Nc3ccccc3C(C)C)ncn2)cc1. The van der Waals surface area contributed by atoms with E-state index in [1.165, 1.54) is 13.4 Å². The summed E-state index contributed by atoms with van der Waals surface area (Å²) < 4.78 is 4.68. The van der Waals surface area contributed by atoms with Crippen LogP contribution in [0.25, 0.3) is 0 Å². The highest BCUT2D eigenvalue weighted by Gasteiger charge is 2.13. The van der Waals surface area contributed by atoms with Crippen LogP contribution in [0.1, 0.15) is 46.2 Å². The summed E-state index contributed by atoms with van der Waals surface area (Å²) >= 11 is 0. The molecule has 0 aliphatic carbocycles. The Kier molecular flexibility index (Phi) is 6.19. The van der Waals surface area contributed by atoms with E-state index in [2.05, 4.69) is 39.2 Å². The molecule has 0 atom stereocenters. The second-order valence-electron chi connectivity index (χ2n) is 6.68. The Morgan fingerprint density at radius 1 is 1.00 bits per heavy atom. The van der Waals surface area contributed by atoms with Gasteiger partial charge in [-0.05, 0) is 41.8 Å². The standard InChI is InChI=1S/C22H22N4O3/c1-14(2)17-6-4-5-7-18(17)26-21(27)19-12-20(24-13-23-19)25-16-10-8-15(9-11-16)22(28)29-3/h4-14H,1-3H3,(H,26,27)(H,23,24,25). The van der Waals surface area contributed by atoms with E-state index in [1.54, 1.807) is 30.3 Å². The number of nitrogens with zero attached hydrogens (tertiary/aromatic N) is 2. The summed E-state index contributed by atoms with van der Waals surface area (Å²) in [5.74, 6) is 0.0269. The van der Waals surface area contributed by atoms with Crippen LogP contribution in [-0.2, 0) is 4.74 Å². The molecule has 2 aromatic carbocycles. The van der Waals surface area contributed by atoms with Crippen LogP contribution < -0.4 is 10.6 Å². The summed E-state index contributed by atoms with van der Waals surface area (Å²) in [5, 5.41) is 6.01. The Labute approximate surface area is 169 Å². The van der Waals surface area contributed by atoms with Crippen LogP contribution in [0, 0.1) is 0 Å². The molecule has 0 saturated heterocycles. The van der Waals surface area contributed by atoms with E-state index < -0.39 is 5.97 Å². The average molecular weight is 390 g/mol. The van der Waals surface area contributed by atoms with Crippen LogP contribution in [0.3, 0.4) is 0 Å². The molecule has 1 amide bonds. The quantitative estimate of drug-likeness (QED) is 0.607. The van der Waals surface area contributed by atoms with Crippen molar-refractivity contribution < 1.29 is 14.3 Å². The van der Waals surface area contributed by atoms with Crippen molar-refractivity contribution in [2.24, 2.45) is 0 Å². The highest BCUT2D eigenvalue weighted by atomic mass is 16.5. The molecule has 148 valence electrons. The van der Waals surface area contributed by atoms with Gasteiger partial charge in [0.1, 0.15) is 17.8 Å². The predicted molar refractivity (Wildman–Crippen MR) is 112 cm³/mol. The first-order chi connectivity index (χ1) is 14.0. The van der Waals surface area contributed by atoms with Crippen molar-refractivity contribution in [3.63, 3.8) is 0 Å². The first kappa shape index (κ1) is 20.0. The fraction of sp³-hybridized carbons (Fsp3) is 0.182. The van der Waals surface area contributed by atoms with Crippen molar-refractivity contribution in [2.45, 2.75) is 19.8 Å². The lowest BCUT2D eigenvalue weighted by Crippen LogP contribution is -2.15. The van der Waals surface area contributed by atoms with Gasteiger partial charge in [0, 0.05) is 17.4 Å². The van der Waals surface area contributed by atoms with Gasteiger partial charge < -0.3 is 15.4 Å². The zero-order chi connectivity index (χ0) is 20.8. The molecule has 0 unspecified atom stereocenters. The molecule has 3 rings (SSSR count). The van der Waals surface area contributed by atoms with Gasteiger partial charge in [-0.1, -0.05) is 32.0 Å². The molecule has 0 bridgehead atoms. The molecule has 29 heavy (non-hydrogen) atoms. The normalized spacial score (nSPS) is 10.5. The summed E-state index contributed by atoms with van der Waals surface area (Å²) in [4.78, 5) is 32.4. The number of aromatic nitrogens is 2. The number of ether oxygens (including phenoxy) is 1. The third-order valence-electron chi connectivity index (χ3n) is 4.31. The molecule has 2 N–H and O–H groups in total. The van der Waals surface area contributed by atoms with Crippen LogP contribution >= 0.6 is 0 Å². The van der Waals surface area contributed by atoms with Gasteiger partial charge in [-0.2, -0.15) is 0 Å². The monoisotopic (exact) mass is 390 g/mol. The Hall–Kier alpha value is -3.74. The van der Waals surface area contributed by atoms with E-state index in [0.717, 1.165) is 11.3 Å². The van der Waals surface area contributed by atoms with Gasteiger partial charge in [-0.3, -0.25) is 4.79 Å². The summed E-state index contributed by atoms with van der Waals surface area (Å²) in [7, 11) is 1.33. The Morgan fingerprint density at radius 3 is 2.41 bits per heavy atom. The third-order valence-corrected chi connectivity index (χ3v) is 4.31. The molecule has 3 aromatic rings. The number of methoxy groups -OCH3 is 1. The second kappa shape index (κ2) is 8.97. The molecule has 0 spiro atoms. The molecule has 0 aliphatic rings. The molecule has 1 aromatic heterocycles. The molecule has 7 heteroatoms. The van der Waals surface area contributed by atoms with E-state index in [4.69, 9.17) is 0 Å². The van der Waals surface area contributed by atoms with Gasteiger partial charge in [0.05, 0.1) is 12.7 Å². The van der Waals surface area contributed by atoms with E-state index in [1.807, 2.05) is 24.3 Å². The Bertz CT molecular complexity index is 1020. The molecular formula is C22H22N4O3. The number of nitrogens with one attached hydrogen (secondary N) is 2. The van der Waals surface area contributed by atoms with Crippen LogP contribution in [0.5, 0.6) is 0 Å². The minimum atomic E-state index is -0.403. The largest absolute Gasteiger partial charge is 0.465 e. The number of amides is 1. The van der Waals surface area contributed by atoms with Crippen molar-refractivity contribution in [1.29, 1.82) is 0 Å². The number of carbonyl (C=O) groups excluding carboxylic acids is 2. The number of hydrogen-bond donors (Lipinski definition) is 2. The number of benzene rings is 2. The molecular weight excluding hydrogens is 368 g/mol. The second-order valence-corrected chi connectivity index (χ2v) is 6.68. The number of anilines is 3. The van der Waals surface area contributed by atoms with Crippen LogP contribution in [-0.4, -0.2) is 29.0 Å². The highest BCUT2D eigenvalue weighted by molar-refractivity contribution is 6.03. The van der Waals surface area contributed by atoms with E-state index in [0.29, 0.717) is 17.1 Å². The first-order valence-electron chi connectivity index (χ1n) is 9.15. The molecule has 1 heterocycles. The van der Waals surface area contributed by atoms with Gasteiger partial charge in [-0.25, -0.2) is 14.8 Å². The topological polar surface area (TPSA) is 93.2 Å². The zero-order valence-electron chi connectivity index (χ0n) is 16.5. The first-order valence-corrected chi connectivity index (χ1v) is 9.15. The Balaban J connectivity index is 1.74. The lowest BCUT2D eigenvalue weighted by molar-refractivity contribution is 0.0600. The van der Waals surface area contributed by atoms with E-state index in [-0.39, 0.29) is 17.5 Å². The maximum atomic E-state index is 12.7. The van der Waals surface area contributed by atoms with Gasteiger partial charge in [0.2, 0.25) is 0 Å². The van der Waals surface area contributed by atoms with Crippen molar-refractivity contribution in [1.82, 2.24) is 9.97 Å². The number of esters is 1. The molecule has 0 radical (unpaired) electrons. The lowest BCUT2D eigenvalue weighted by Gasteiger charge is -2.13. The Morgan fingerprint density at radius 2 is 1.72 bits per heavy atom. The number of rotatable bonds is 6. The summed E-state index contributed by atoms with van der Waals surface area (Å²) in [5.41, 5.74) is 3.22. The van der Waals surface area contributed by atoms with Crippen molar-refractivity contribution in [2.75, 3.05) is 17.7 Å². The molecule has 0 saturated carbocycles.